The lowest BCUT2D eigenvalue weighted by Gasteiger charge is -2.18. The number of benzene rings is 1. The van der Waals surface area contributed by atoms with E-state index in [-0.39, 0.29) is 18.8 Å². The van der Waals surface area contributed by atoms with Crippen LogP contribution in [0.15, 0.2) is 18.2 Å². The molecule has 1 aliphatic carbocycles. The molecule has 100 valence electrons. The van der Waals surface area contributed by atoms with Crippen LogP contribution in [0, 0.1) is 0 Å². The highest BCUT2D eigenvalue weighted by atomic mass is 16.5. The second-order valence-corrected chi connectivity index (χ2v) is 4.72. The van der Waals surface area contributed by atoms with Gasteiger partial charge in [-0.2, -0.15) is 0 Å². The summed E-state index contributed by atoms with van der Waals surface area (Å²) in [5.74, 6) is 1.45. The lowest BCUT2D eigenvalue weighted by atomic mass is 10.1. The summed E-state index contributed by atoms with van der Waals surface area (Å²) < 4.78 is 11.3. The summed E-state index contributed by atoms with van der Waals surface area (Å²) in [6.45, 7) is -0.0742. The van der Waals surface area contributed by atoms with Crippen LogP contribution in [0.2, 0.25) is 0 Å². The van der Waals surface area contributed by atoms with Crippen molar-refractivity contribution in [2.75, 3.05) is 13.7 Å². The predicted molar refractivity (Wildman–Crippen MR) is 69.9 cm³/mol. The van der Waals surface area contributed by atoms with Gasteiger partial charge in [0.15, 0.2) is 11.5 Å². The molecule has 4 nitrogen and oxygen atoms in total. The van der Waals surface area contributed by atoms with Gasteiger partial charge in [-0.15, -0.1) is 0 Å². The average molecular weight is 251 g/mol. The maximum absolute atomic E-state index is 9.09. The van der Waals surface area contributed by atoms with Gasteiger partial charge in [-0.3, -0.25) is 0 Å². The molecule has 0 amide bonds. The average Bonchev–Trinajstić information content (AvgIpc) is 2.90. The first-order valence-corrected chi connectivity index (χ1v) is 6.45. The number of hydrogen-bond donors (Lipinski definition) is 2. The fourth-order valence-corrected chi connectivity index (χ4v) is 2.31. The highest BCUT2D eigenvalue weighted by molar-refractivity contribution is 5.44. The first-order valence-electron chi connectivity index (χ1n) is 6.45. The van der Waals surface area contributed by atoms with Crippen LogP contribution in [0.4, 0.5) is 0 Å². The Bertz CT molecular complexity index is 389. The largest absolute Gasteiger partial charge is 0.493 e. The Kier molecular flexibility index (Phi) is 4.44. The second-order valence-electron chi connectivity index (χ2n) is 4.72. The Morgan fingerprint density at radius 1 is 1.33 bits per heavy atom. The highest BCUT2D eigenvalue weighted by Gasteiger charge is 2.19. The van der Waals surface area contributed by atoms with Gasteiger partial charge in [0.05, 0.1) is 25.9 Å². The smallest absolute Gasteiger partial charge is 0.161 e. The molecule has 18 heavy (non-hydrogen) atoms. The number of aliphatic hydroxyl groups is 1. The van der Waals surface area contributed by atoms with E-state index in [1.165, 1.54) is 12.8 Å². The Balaban J connectivity index is 2.18. The van der Waals surface area contributed by atoms with Gasteiger partial charge in [-0.05, 0) is 43.4 Å². The number of ether oxygens (including phenoxy) is 2. The number of rotatable bonds is 5. The first-order chi connectivity index (χ1) is 8.74. The lowest BCUT2D eigenvalue weighted by Crippen LogP contribution is -2.16. The van der Waals surface area contributed by atoms with Crippen LogP contribution < -0.4 is 15.2 Å². The molecule has 3 N–H and O–H groups in total. The lowest BCUT2D eigenvalue weighted by molar-refractivity contribution is 0.200. The van der Waals surface area contributed by atoms with Gasteiger partial charge in [0.1, 0.15) is 0 Å². The van der Waals surface area contributed by atoms with E-state index in [4.69, 9.17) is 20.3 Å². The molecule has 1 aromatic rings. The summed E-state index contributed by atoms with van der Waals surface area (Å²) in [6.07, 6.45) is 4.92. The van der Waals surface area contributed by atoms with Gasteiger partial charge in [-0.1, -0.05) is 6.07 Å². The first kappa shape index (κ1) is 13.2. The predicted octanol–water partition coefficient (Wildman–Crippen LogP) is 2.01. The molecule has 1 aliphatic rings. The summed E-state index contributed by atoms with van der Waals surface area (Å²) in [5.41, 5.74) is 6.68. The zero-order chi connectivity index (χ0) is 13.0. The molecular weight excluding hydrogens is 230 g/mol. The normalized spacial score (nSPS) is 17.7. The molecule has 0 saturated heterocycles. The van der Waals surface area contributed by atoms with Crippen LogP contribution in [-0.2, 0) is 0 Å². The van der Waals surface area contributed by atoms with Gasteiger partial charge in [0, 0.05) is 0 Å². The fourth-order valence-electron chi connectivity index (χ4n) is 2.31. The zero-order valence-corrected chi connectivity index (χ0v) is 10.8. The van der Waals surface area contributed by atoms with E-state index in [9.17, 15) is 0 Å². The molecular formula is C14H21NO3. The van der Waals surface area contributed by atoms with Crippen LogP contribution in [0.5, 0.6) is 11.5 Å². The summed E-state index contributed by atoms with van der Waals surface area (Å²) in [6, 6.07) is 5.20. The van der Waals surface area contributed by atoms with E-state index in [1.54, 1.807) is 7.11 Å². The highest BCUT2D eigenvalue weighted by Crippen LogP contribution is 2.33. The molecule has 1 aromatic carbocycles. The number of nitrogens with two attached hydrogens (primary N) is 1. The van der Waals surface area contributed by atoms with Crippen molar-refractivity contribution >= 4 is 0 Å². The Morgan fingerprint density at radius 3 is 2.67 bits per heavy atom. The maximum atomic E-state index is 9.09. The van der Waals surface area contributed by atoms with Crippen LogP contribution in [0.3, 0.4) is 0 Å². The van der Waals surface area contributed by atoms with E-state index >= 15 is 0 Å². The summed E-state index contributed by atoms with van der Waals surface area (Å²) >= 11 is 0. The Labute approximate surface area is 108 Å². The van der Waals surface area contributed by atoms with Crippen molar-refractivity contribution in [2.24, 2.45) is 5.73 Å². The zero-order valence-electron chi connectivity index (χ0n) is 10.8. The second kappa shape index (κ2) is 6.07. The topological polar surface area (TPSA) is 64.7 Å². The van der Waals surface area contributed by atoms with Gasteiger partial charge < -0.3 is 20.3 Å². The van der Waals surface area contributed by atoms with Gasteiger partial charge in [-0.25, -0.2) is 0 Å². The van der Waals surface area contributed by atoms with Crippen molar-refractivity contribution in [1.82, 2.24) is 0 Å². The Morgan fingerprint density at radius 2 is 2.06 bits per heavy atom. The minimum Gasteiger partial charge on any atom is -0.493 e. The Hall–Kier alpha value is -1.26. The molecule has 1 atom stereocenters. The molecule has 2 rings (SSSR count). The molecule has 0 heterocycles. The molecule has 1 fully saturated rings. The monoisotopic (exact) mass is 251 g/mol. The minimum atomic E-state index is -0.373. The van der Waals surface area contributed by atoms with Crippen LogP contribution in [0.25, 0.3) is 0 Å². The van der Waals surface area contributed by atoms with E-state index < -0.39 is 0 Å². The summed E-state index contributed by atoms with van der Waals surface area (Å²) in [7, 11) is 1.63. The van der Waals surface area contributed by atoms with Crippen LogP contribution in [-0.4, -0.2) is 24.9 Å². The fraction of sp³-hybridized carbons (Fsp3) is 0.571. The molecule has 4 heteroatoms. The van der Waals surface area contributed by atoms with E-state index in [2.05, 4.69) is 0 Å². The molecule has 1 saturated carbocycles. The van der Waals surface area contributed by atoms with E-state index in [0.29, 0.717) is 0 Å². The molecule has 0 spiro atoms. The molecule has 0 aliphatic heterocycles. The van der Waals surface area contributed by atoms with Crippen LogP contribution >= 0.6 is 0 Å². The SMILES string of the molecule is COc1ccc([C@@H](N)CO)cc1OC1CCCC1. The van der Waals surface area contributed by atoms with Crippen molar-refractivity contribution in [1.29, 1.82) is 0 Å². The van der Waals surface area contributed by atoms with Crippen molar-refractivity contribution in [3.63, 3.8) is 0 Å². The quantitative estimate of drug-likeness (QED) is 0.840. The molecule has 0 unspecified atom stereocenters. The maximum Gasteiger partial charge on any atom is 0.161 e. The van der Waals surface area contributed by atoms with Gasteiger partial charge in [0.2, 0.25) is 0 Å². The number of hydrogen-bond acceptors (Lipinski definition) is 4. The summed E-state index contributed by atoms with van der Waals surface area (Å²) in [5, 5.41) is 9.09. The van der Waals surface area contributed by atoms with Crippen LogP contribution in [0.1, 0.15) is 37.3 Å². The molecule has 0 aromatic heterocycles. The van der Waals surface area contributed by atoms with E-state index in [0.717, 1.165) is 29.9 Å². The third-order valence-electron chi connectivity index (χ3n) is 3.41. The van der Waals surface area contributed by atoms with Crippen molar-refractivity contribution < 1.29 is 14.6 Å². The van der Waals surface area contributed by atoms with Crippen molar-refractivity contribution in [2.45, 2.75) is 37.8 Å². The summed E-state index contributed by atoms with van der Waals surface area (Å²) in [4.78, 5) is 0. The molecule has 0 bridgehead atoms. The van der Waals surface area contributed by atoms with Gasteiger partial charge in [0.25, 0.3) is 0 Å². The third kappa shape index (κ3) is 2.94. The molecule has 0 radical (unpaired) electrons. The third-order valence-corrected chi connectivity index (χ3v) is 3.41. The number of aliphatic hydroxyl groups excluding tert-OH is 1. The van der Waals surface area contributed by atoms with Gasteiger partial charge >= 0.3 is 0 Å². The minimum absolute atomic E-state index is 0.0742. The number of methoxy groups -OCH3 is 1. The van der Waals surface area contributed by atoms with E-state index in [1.807, 2.05) is 18.2 Å². The van der Waals surface area contributed by atoms with Crippen molar-refractivity contribution in [3.05, 3.63) is 23.8 Å². The standard InChI is InChI=1S/C14H21NO3/c1-17-13-7-6-10(12(15)9-16)8-14(13)18-11-4-2-3-5-11/h6-8,11-12,16H,2-5,9,15H2,1H3/t12-/m0/s1. The van der Waals surface area contributed by atoms with Crippen molar-refractivity contribution in [3.8, 4) is 11.5 Å².